The Labute approximate surface area is 146 Å². The Balaban J connectivity index is 1.79. The number of nitrogens with one attached hydrogen (secondary N) is 2. The van der Waals surface area contributed by atoms with E-state index in [0.717, 1.165) is 11.3 Å². The van der Waals surface area contributed by atoms with E-state index in [2.05, 4.69) is 21.7 Å². The summed E-state index contributed by atoms with van der Waals surface area (Å²) in [5.41, 5.74) is 4.07. The molecule has 0 bridgehead atoms. The van der Waals surface area contributed by atoms with Crippen molar-refractivity contribution < 1.29 is 4.79 Å². The molecular formula is C20H16N4O. The summed E-state index contributed by atoms with van der Waals surface area (Å²) in [4.78, 5) is 16.5. The van der Waals surface area contributed by atoms with Crippen molar-refractivity contribution in [3.8, 4) is 6.07 Å². The van der Waals surface area contributed by atoms with Gasteiger partial charge in [-0.15, -0.1) is 0 Å². The number of hydrogen-bond acceptors (Lipinski definition) is 4. The number of benzene rings is 2. The lowest BCUT2D eigenvalue weighted by molar-refractivity contribution is 0.102. The van der Waals surface area contributed by atoms with Gasteiger partial charge < -0.3 is 10.6 Å². The molecule has 3 aromatic rings. The highest BCUT2D eigenvalue weighted by Crippen LogP contribution is 2.20. The normalized spacial score (nSPS) is 9.92. The topological polar surface area (TPSA) is 77.8 Å². The molecule has 0 spiro atoms. The van der Waals surface area contributed by atoms with E-state index in [0.29, 0.717) is 22.5 Å². The van der Waals surface area contributed by atoms with Crippen molar-refractivity contribution in [1.82, 2.24) is 4.98 Å². The van der Waals surface area contributed by atoms with Gasteiger partial charge in [0.15, 0.2) is 0 Å². The zero-order valence-electron chi connectivity index (χ0n) is 13.7. The number of carbonyl (C=O) groups excluding carboxylic acids is 1. The number of rotatable bonds is 4. The van der Waals surface area contributed by atoms with Crippen LogP contribution in [0, 0.1) is 18.3 Å². The summed E-state index contributed by atoms with van der Waals surface area (Å²) in [6.45, 7) is 1.97. The van der Waals surface area contributed by atoms with Crippen LogP contribution in [0.2, 0.25) is 0 Å². The lowest BCUT2D eigenvalue weighted by atomic mass is 10.2. The van der Waals surface area contributed by atoms with Crippen molar-refractivity contribution >= 4 is 23.0 Å². The molecule has 0 atom stereocenters. The van der Waals surface area contributed by atoms with Crippen molar-refractivity contribution in [1.29, 1.82) is 5.26 Å². The van der Waals surface area contributed by atoms with Crippen molar-refractivity contribution in [3.63, 3.8) is 0 Å². The number of nitrogens with zero attached hydrogens (tertiary/aromatic N) is 2. The van der Waals surface area contributed by atoms with Crippen LogP contribution in [0.3, 0.4) is 0 Å². The largest absolute Gasteiger partial charge is 0.353 e. The van der Waals surface area contributed by atoms with Crippen LogP contribution in [0.25, 0.3) is 0 Å². The molecule has 25 heavy (non-hydrogen) atoms. The fourth-order valence-electron chi connectivity index (χ4n) is 2.40. The van der Waals surface area contributed by atoms with Crippen LogP contribution in [-0.2, 0) is 0 Å². The first kappa shape index (κ1) is 16.2. The molecule has 2 aromatic carbocycles. The summed E-state index contributed by atoms with van der Waals surface area (Å²) in [6, 6.07) is 18.6. The van der Waals surface area contributed by atoms with E-state index < -0.39 is 0 Å². The number of pyridine rings is 1. The number of anilines is 3. The zero-order valence-corrected chi connectivity index (χ0v) is 13.7. The van der Waals surface area contributed by atoms with Gasteiger partial charge in [0.2, 0.25) is 0 Å². The zero-order chi connectivity index (χ0) is 17.6. The SMILES string of the molecule is Cc1cccc(NC(=O)c2cncc(Nc3ccccc3C#N)c2)c1. The minimum absolute atomic E-state index is 0.240. The number of amides is 1. The highest BCUT2D eigenvalue weighted by atomic mass is 16.1. The minimum Gasteiger partial charge on any atom is -0.353 e. The van der Waals surface area contributed by atoms with Gasteiger partial charge in [0, 0.05) is 11.9 Å². The van der Waals surface area contributed by atoms with Gasteiger partial charge in [-0.2, -0.15) is 5.26 Å². The molecule has 1 heterocycles. The first-order valence-corrected chi connectivity index (χ1v) is 7.75. The molecule has 122 valence electrons. The van der Waals surface area contributed by atoms with E-state index in [1.54, 1.807) is 30.5 Å². The molecule has 1 amide bonds. The monoisotopic (exact) mass is 328 g/mol. The van der Waals surface area contributed by atoms with Gasteiger partial charge in [-0.1, -0.05) is 24.3 Å². The molecule has 5 nitrogen and oxygen atoms in total. The average Bonchev–Trinajstić information content (AvgIpc) is 2.62. The van der Waals surface area contributed by atoms with Gasteiger partial charge in [-0.25, -0.2) is 0 Å². The molecular weight excluding hydrogens is 312 g/mol. The standard InChI is InChI=1S/C20H16N4O/c1-14-5-4-7-17(9-14)24-20(25)16-10-18(13-22-12-16)23-19-8-3-2-6-15(19)11-21/h2-10,12-13,23H,1H3,(H,24,25). The summed E-state index contributed by atoms with van der Waals surface area (Å²) in [5.74, 6) is -0.240. The summed E-state index contributed by atoms with van der Waals surface area (Å²) in [5, 5.41) is 15.1. The molecule has 0 aliphatic heterocycles. The average molecular weight is 328 g/mol. The van der Waals surface area contributed by atoms with Crippen LogP contribution in [0.1, 0.15) is 21.5 Å². The fourth-order valence-corrected chi connectivity index (χ4v) is 2.40. The highest BCUT2D eigenvalue weighted by Gasteiger charge is 2.09. The van der Waals surface area contributed by atoms with Crippen LogP contribution in [0.5, 0.6) is 0 Å². The van der Waals surface area contributed by atoms with E-state index >= 15 is 0 Å². The molecule has 2 N–H and O–H groups in total. The number of hydrogen-bond donors (Lipinski definition) is 2. The highest BCUT2D eigenvalue weighted by molar-refractivity contribution is 6.04. The van der Waals surface area contributed by atoms with E-state index in [9.17, 15) is 4.79 Å². The molecule has 3 rings (SSSR count). The summed E-state index contributed by atoms with van der Waals surface area (Å²) in [7, 11) is 0. The summed E-state index contributed by atoms with van der Waals surface area (Å²) in [6.07, 6.45) is 3.12. The van der Waals surface area contributed by atoms with Crippen LogP contribution in [0.15, 0.2) is 67.0 Å². The molecule has 0 saturated carbocycles. The van der Waals surface area contributed by atoms with Crippen LogP contribution < -0.4 is 10.6 Å². The maximum absolute atomic E-state index is 12.4. The van der Waals surface area contributed by atoms with Gasteiger partial charge in [-0.3, -0.25) is 9.78 Å². The molecule has 0 radical (unpaired) electrons. The Morgan fingerprint density at radius 3 is 2.68 bits per heavy atom. The molecule has 0 saturated heterocycles. The predicted octanol–water partition coefficient (Wildman–Crippen LogP) is 4.26. The molecule has 1 aromatic heterocycles. The number of aromatic nitrogens is 1. The van der Waals surface area contributed by atoms with Gasteiger partial charge >= 0.3 is 0 Å². The van der Waals surface area contributed by atoms with Crippen LogP contribution in [-0.4, -0.2) is 10.9 Å². The second-order valence-electron chi connectivity index (χ2n) is 5.57. The Hall–Kier alpha value is -3.65. The third kappa shape index (κ3) is 4.01. The molecule has 0 unspecified atom stereocenters. The number of carbonyl (C=O) groups is 1. The van der Waals surface area contributed by atoms with Gasteiger partial charge in [0.25, 0.3) is 5.91 Å². The van der Waals surface area contributed by atoms with Gasteiger partial charge in [0.1, 0.15) is 6.07 Å². The third-order valence-corrected chi connectivity index (χ3v) is 3.60. The second-order valence-corrected chi connectivity index (χ2v) is 5.57. The smallest absolute Gasteiger partial charge is 0.257 e. The van der Waals surface area contributed by atoms with E-state index in [1.807, 2.05) is 37.3 Å². The van der Waals surface area contributed by atoms with Gasteiger partial charge in [-0.05, 0) is 42.8 Å². The summed E-state index contributed by atoms with van der Waals surface area (Å²) >= 11 is 0. The van der Waals surface area contributed by atoms with Crippen molar-refractivity contribution in [2.45, 2.75) is 6.92 Å². The van der Waals surface area contributed by atoms with Crippen molar-refractivity contribution in [2.75, 3.05) is 10.6 Å². The maximum Gasteiger partial charge on any atom is 0.257 e. The number of aryl methyl sites for hydroxylation is 1. The van der Waals surface area contributed by atoms with E-state index in [4.69, 9.17) is 5.26 Å². The molecule has 0 fully saturated rings. The fraction of sp³-hybridized carbons (Fsp3) is 0.0500. The van der Waals surface area contributed by atoms with Crippen molar-refractivity contribution in [2.24, 2.45) is 0 Å². The van der Waals surface area contributed by atoms with E-state index in [1.165, 1.54) is 6.20 Å². The quantitative estimate of drug-likeness (QED) is 0.750. The second kappa shape index (κ2) is 7.28. The Kier molecular flexibility index (Phi) is 4.72. The Morgan fingerprint density at radius 1 is 1.04 bits per heavy atom. The Bertz CT molecular complexity index is 960. The van der Waals surface area contributed by atoms with Crippen LogP contribution in [0.4, 0.5) is 17.1 Å². The maximum atomic E-state index is 12.4. The predicted molar refractivity (Wildman–Crippen MR) is 97.8 cm³/mol. The third-order valence-electron chi connectivity index (χ3n) is 3.60. The van der Waals surface area contributed by atoms with Crippen molar-refractivity contribution in [3.05, 3.63) is 83.7 Å². The molecule has 0 aliphatic rings. The first-order chi connectivity index (χ1) is 12.2. The van der Waals surface area contributed by atoms with Gasteiger partial charge in [0.05, 0.1) is 28.7 Å². The lowest BCUT2D eigenvalue weighted by Gasteiger charge is -2.10. The minimum atomic E-state index is -0.240. The number of para-hydroxylation sites is 1. The molecule has 5 heteroatoms. The van der Waals surface area contributed by atoms with Crippen LogP contribution >= 0.6 is 0 Å². The Morgan fingerprint density at radius 2 is 1.88 bits per heavy atom. The summed E-state index contributed by atoms with van der Waals surface area (Å²) < 4.78 is 0. The lowest BCUT2D eigenvalue weighted by Crippen LogP contribution is -2.12. The molecule has 0 aliphatic carbocycles. The number of nitriles is 1. The first-order valence-electron chi connectivity index (χ1n) is 7.75. The van der Waals surface area contributed by atoms with E-state index in [-0.39, 0.29) is 5.91 Å².